The average Bonchev–Trinajstić information content (AvgIpc) is 2.91. The molecular formula is C14H16Cl2N2O3. The number of amides is 2. The van der Waals surface area contributed by atoms with Crippen molar-refractivity contribution >= 4 is 46.4 Å². The van der Waals surface area contributed by atoms with Gasteiger partial charge in [0.2, 0.25) is 11.8 Å². The summed E-state index contributed by atoms with van der Waals surface area (Å²) in [6, 6.07) is 4.94. The molecule has 0 radical (unpaired) electrons. The van der Waals surface area contributed by atoms with Gasteiger partial charge in [-0.2, -0.15) is 0 Å². The van der Waals surface area contributed by atoms with Crippen molar-refractivity contribution in [2.75, 3.05) is 17.7 Å². The van der Waals surface area contributed by atoms with E-state index in [2.05, 4.69) is 10.6 Å². The molecule has 2 amide bonds. The summed E-state index contributed by atoms with van der Waals surface area (Å²) in [6.07, 6.45) is 0.413. The van der Waals surface area contributed by atoms with Crippen LogP contribution in [0.1, 0.15) is 20.3 Å². The van der Waals surface area contributed by atoms with Crippen molar-refractivity contribution in [1.82, 2.24) is 0 Å². The number of rotatable bonds is 4. The van der Waals surface area contributed by atoms with Crippen LogP contribution in [0.3, 0.4) is 0 Å². The Morgan fingerprint density at radius 3 is 2.38 bits per heavy atom. The van der Waals surface area contributed by atoms with E-state index >= 15 is 0 Å². The fraction of sp³-hybridized carbons (Fsp3) is 0.429. The van der Waals surface area contributed by atoms with Crippen LogP contribution in [-0.4, -0.2) is 23.3 Å². The van der Waals surface area contributed by atoms with Crippen LogP contribution in [0.4, 0.5) is 11.4 Å². The Labute approximate surface area is 132 Å². The molecule has 0 aliphatic heterocycles. The van der Waals surface area contributed by atoms with Gasteiger partial charge in [0.25, 0.3) is 0 Å². The number of hydrogen-bond acceptors (Lipinski definition) is 3. The molecule has 1 fully saturated rings. The molecule has 0 unspecified atom stereocenters. The maximum absolute atomic E-state index is 12.2. The minimum absolute atomic E-state index is 0.204. The molecule has 1 aliphatic rings. The highest BCUT2D eigenvalue weighted by molar-refractivity contribution is 6.53. The summed E-state index contributed by atoms with van der Waals surface area (Å²) >= 11 is 12.0. The maximum Gasteiger partial charge on any atom is 0.233 e. The largest absolute Gasteiger partial charge is 0.494 e. The standard InChI is InChI=1S/C14H16Cl2N2O3/c1-8(19)17-10-5-4-9(6-11(10)21-3)18-12(20)13(2)7-14(13,15)16/h4-6H,7H2,1-3H3,(H,17,19)(H,18,20)/t13-/m0/s1. The van der Waals surface area contributed by atoms with Gasteiger partial charge in [0, 0.05) is 18.7 Å². The molecule has 1 saturated carbocycles. The van der Waals surface area contributed by atoms with Crippen molar-refractivity contribution in [1.29, 1.82) is 0 Å². The van der Waals surface area contributed by atoms with Gasteiger partial charge in [-0.1, -0.05) is 0 Å². The first-order valence-electron chi connectivity index (χ1n) is 6.34. The van der Waals surface area contributed by atoms with Gasteiger partial charge in [-0.25, -0.2) is 0 Å². The molecule has 2 N–H and O–H groups in total. The van der Waals surface area contributed by atoms with Crippen molar-refractivity contribution in [3.63, 3.8) is 0 Å². The first-order valence-corrected chi connectivity index (χ1v) is 7.10. The van der Waals surface area contributed by atoms with Crippen molar-refractivity contribution in [2.24, 2.45) is 5.41 Å². The third-order valence-corrected chi connectivity index (χ3v) is 4.63. The van der Waals surface area contributed by atoms with Crippen molar-refractivity contribution < 1.29 is 14.3 Å². The zero-order chi connectivity index (χ0) is 15.8. The van der Waals surface area contributed by atoms with Gasteiger partial charge in [-0.05, 0) is 25.5 Å². The molecular weight excluding hydrogens is 315 g/mol. The summed E-state index contributed by atoms with van der Waals surface area (Å²) in [6.45, 7) is 3.12. The first-order chi connectivity index (χ1) is 9.69. The van der Waals surface area contributed by atoms with E-state index in [1.807, 2.05) is 0 Å². The monoisotopic (exact) mass is 330 g/mol. The van der Waals surface area contributed by atoms with Crippen LogP contribution >= 0.6 is 23.2 Å². The summed E-state index contributed by atoms with van der Waals surface area (Å²) in [5.41, 5.74) is 0.285. The zero-order valence-corrected chi connectivity index (χ0v) is 13.4. The Morgan fingerprint density at radius 1 is 1.29 bits per heavy atom. The van der Waals surface area contributed by atoms with Crippen LogP contribution in [0.5, 0.6) is 5.75 Å². The maximum atomic E-state index is 12.2. The van der Waals surface area contributed by atoms with E-state index in [-0.39, 0.29) is 11.8 Å². The second-order valence-electron chi connectivity index (χ2n) is 5.26. The number of anilines is 2. The average molecular weight is 331 g/mol. The number of halogens is 2. The van der Waals surface area contributed by atoms with Gasteiger partial charge < -0.3 is 15.4 Å². The smallest absolute Gasteiger partial charge is 0.233 e. The summed E-state index contributed by atoms with van der Waals surface area (Å²) in [5.74, 6) is -0.00145. The van der Waals surface area contributed by atoms with E-state index in [0.717, 1.165) is 0 Å². The highest BCUT2D eigenvalue weighted by Gasteiger charge is 2.67. The Kier molecular flexibility index (Phi) is 4.08. The summed E-state index contributed by atoms with van der Waals surface area (Å²) in [5, 5.41) is 5.40. The Hall–Kier alpha value is -1.46. The molecule has 0 saturated heterocycles. The van der Waals surface area contributed by atoms with Gasteiger partial charge in [0.15, 0.2) is 0 Å². The number of carbonyl (C=O) groups excluding carboxylic acids is 2. The molecule has 1 atom stereocenters. The van der Waals surface area contributed by atoms with Gasteiger partial charge in [0.1, 0.15) is 10.1 Å². The molecule has 5 nitrogen and oxygen atoms in total. The van der Waals surface area contributed by atoms with Gasteiger partial charge in [0.05, 0.1) is 18.2 Å². The molecule has 0 aromatic heterocycles. The van der Waals surface area contributed by atoms with E-state index in [1.165, 1.54) is 14.0 Å². The van der Waals surface area contributed by atoms with Crippen LogP contribution < -0.4 is 15.4 Å². The first kappa shape index (κ1) is 15.9. The number of methoxy groups -OCH3 is 1. The lowest BCUT2D eigenvalue weighted by Crippen LogP contribution is -2.25. The number of carbonyl (C=O) groups is 2. The Balaban J connectivity index is 2.15. The number of ether oxygens (including phenoxy) is 1. The lowest BCUT2D eigenvalue weighted by molar-refractivity contribution is -0.120. The van der Waals surface area contributed by atoms with Crippen LogP contribution in [0, 0.1) is 5.41 Å². The molecule has 1 aromatic rings. The SMILES string of the molecule is COc1cc(NC(=O)[C@]2(C)CC2(Cl)Cl)ccc1NC(C)=O. The Morgan fingerprint density at radius 2 is 1.90 bits per heavy atom. The predicted molar refractivity (Wildman–Crippen MR) is 83.1 cm³/mol. The second-order valence-corrected chi connectivity index (χ2v) is 6.75. The molecule has 21 heavy (non-hydrogen) atoms. The fourth-order valence-corrected chi connectivity index (χ4v) is 2.68. The van der Waals surface area contributed by atoms with E-state index in [9.17, 15) is 9.59 Å². The second kappa shape index (κ2) is 5.39. The van der Waals surface area contributed by atoms with Crippen molar-refractivity contribution in [3.8, 4) is 5.75 Å². The van der Waals surface area contributed by atoms with Crippen molar-refractivity contribution in [2.45, 2.75) is 24.6 Å². The molecule has 114 valence electrons. The normalized spacial score (nSPS) is 22.3. The lowest BCUT2D eigenvalue weighted by atomic mass is 10.1. The third kappa shape index (κ3) is 3.09. The number of benzene rings is 1. The summed E-state index contributed by atoms with van der Waals surface area (Å²) in [4.78, 5) is 23.3. The predicted octanol–water partition coefficient (Wildman–Crippen LogP) is 3.18. The summed E-state index contributed by atoms with van der Waals surface area (Å²) < 4.78 is 4.18. The fourth-order valence-electron chi connectivity index (χ4n) is 1.98. The van der Waals surface area contributed by atoms with Crippen LogP contribution in [-0.2, 0) is 9.59 Å². The highest BCUT2D eigenvalue weighted by atomic mass is 35.5. The molecule has 0 spiro atoms. The van der Waals surface area contributed by atoms with E-state index < -0.39 is 9.75 Å². The van der Waals surface area contributed by atoms with Crippen LogP contribution in [0.2, 0.25) is 0 Å². The number of hydrogen-bond donors (Lipinski definition) is 2. The summed E-state index contributed by atoms with van der Waals surface area (Å²) in [7, 11) is 1.48. The van der Waals surface area contributed by atoms with Gasteiger partial charge >= 0.3 is 0 Å². The molecule has 7 heteroatoms. The molecule has 0 heterocycles. The van der Waals surface area contributed by atoms with E-state index in [4.69, 9.17) is 27.9 Å². The Bertz CT molecular complexity index is 604. The minimum Gasteiger partial charge on any atom is -0.494 e. The topological polar surface area (TPSA) is 67.4 Å². The lowest BCUT2D eigenvalue weighted by Gasteiger charge is -2.15. The van der Waals surface area contributed by atoms with Crippen molar-refractivity contribution in [3.05, 3.63) is 18.2 Å². The highest BCUT2D eigenvalue weighted by Crippen LogP contribution is 2.64. The van der Waals surface area contributed by atoms with E-state index in [0.29, 0.717) is 23.5 Å². The van der Waals surface area contributed by atoms with Crippen LogP contribution in [0.15, 0.2) is 18.2 Å². The molecule has 0 bridgehead atoms. The number of nitrogens with one attached hydrogen (secondary N) is 2. The molecule has 2 rings (SSSR count). The van der Waals surface area contributed by atoms with E-state index in [1.54, 1.807) is 25.1 Å². The van der Waals surface area contributed by atoms with Gasteiger partial charge in [-0.3, -0.25) is 9.59 Å². The quantitative estimate of drug-likeness (QED) is 0.833. The number of alkyl halides is 2. The van der Waals surface area contributed by atoms with Gasteiger partial charge in [-0.15, -0.1) is 23.2 Å². The molecule has 1 aliphatic carbocycles. The zero-order valence-electron chi connectivity index (χ0n) is 11.9. The third-order valence-electron chi connectivity index (χ3n) is 3.53. The van der Waals surface area contributed by atoms with Crippen LogP contribution in [0.25, 0.3) is 0 Å². The minimum atomic E-state index is -1.02. The molecule has 1 aromatic carbocycles.